The average Bonchev–Trinajstić information content (AvgIpc) is 2.99. The third kappa shape index (κ3) is 3.91. The van der Waals surface area contributed by atoms with Gasteiger partial charge < -0.3 is 14.8 Å². The number of methoxy groups -OCH3 is 1. The van der Waals surface area contributed by atoms with Crippen molar-refractivity contribution in [1.82, 2.24) is 0 Å². The molecule has 1 N–H and O–H groups in total. The minimum Gasteiger partial charge on any atom is -0.465 e. The third-order valence-corrected chi connectivity index (χ3v) is 3.51. The molecule has 1 fully saturated rings. The zero-order valence-corrected chi connectivity index (χ0v) is 11.8. The third-order valence-electron chi connectivity index (χ3n) is 3.51. The molecule has 1 aliphatic heterocycles. The van der Waals surface area contributed by atoms with Crippen LogP contribution in [-0.4, -0.2) is 37.8 Å². The van der Waals surface area contributed by atoms with Gasteiger partial charge >= 0.3 is 5.97 Å². The minimum absolute atomic E-state index is 0.0506. The second kappa shape index (κ2) is 7.03. The molecule has 1 unspecified atom stereocenters. The molecule has 0 amide bonds. The molecule has 7 nitrogen and oxygen atoms in total. The fourth-order valence-corrected chi connectivity index (χ4v) is 2.30. The lowest BCUT2D eigenvalue weighted by Crippen LogP contribution is -2.11. The number of esters is 1. The highest BCUT2D eigenvalue weighted by Crippen LogP contribution is 2.26. The van der Waals surface area contributed by atoms with Crippen molar-refractivity contribution in [1.29, 1.82) is 0 Å². The van der Waals surface area contributed by atoms with E-state index >= 15 is 0 Å². The van der Waals surface area contributed by atoms with Gasteiger partial charge in [0.05, 0.1) is 17.6 Å². The van der Waals surface area contributed by atoms with Crippen molar-refractivity contribution < 1.29 is 19.2 Å². The summed E-state index contributed by atoms with van der Waals surface area (Å²) in [7, 11) is 1.27. The molecular formula is C14H18N2O5. The molecule has 1 saturated heterocycles. The van der Waals surface area contributed by atoms with Crippen LogP contribution in [0, 0.1) is 16.0 Å². The molecule has 7 heteroatoms. The number of ether oxygens (including phenoxy) is 2. The van der Waals surface area contributed by atoms with Crippen molar-refractivity contribution in [3.8, 4) is 0 Å². The first-order valence-electron chi connectivity index (χ1n) is 6.80. The van der Waals surface area contributed by atoms with Gasteiger partial charge in [-0.15, -0.1) is 0 Å². The topological polar surface area (TPSA) is 90.7 Å². The molecule has 1 heterocycles. The van der Waals surface area contributed by atoms with Crippen LogP contribution in [-0.2, 0) is 9.47 Å². The Labute approximate surface area is 122 Å². The quantitative estimate of drug-likeness (QED) is 0.491. The molecule has 1 aromatic carbocycles. The maximum absolute atomic E-state index is 11.5. The first-order chi connectivity index (χ1) is 10.1. The van der Waals surface area contributed by atoms with Crippen molar-refractivity contribution in [3.05, 3.63) is 33.9 Å². The number of nitro groups is 1. The summed E-state index contributed by atoms with van der Waals surface area (Å²) in [5.74, 6) is -0.0301. The second-order valence-electron chi connectivity index (χ2n) is 4.93. The van der Waals surface area contributed by atoms with E-state index in [1.807, 2.05) is 0 Å². The Morgan fingerprint density at radius 3 is 3.00 bits per heavy atom. The summed E-state index contributed by atoms with van der Waals surface area (Å²) < 4.78 is 9.91. The highest BCUT2D eigenvalue weighted by atomic mass is 16.6. The first-order valence-corrected chi connectivity index (χ1v) is 6.80. The van der Waals surface area contributed by atoms with Crippen LogP contribution in [0.25, 0.3) is 0 Å². The van der Waals surface area contributed by atoms with Crippen LogP contribution in [0.15, 0.2) is 18.2 Å². The number of benzene rings is 1. The molecule has 0 saturated carbocycles. The maximum atomic E-state index is 11.5. The number of nitrogens with one attached hydrogen (secondary N) is 1. The van der Waals surface area contributed by atoms with Crippen LogP contribution >= 0.6 is 0 Å². The van der Waals surface area contributed by atoms with E-state index in [1.165, 1.54) is 25.3 Å². The standard InChI is InChI=1S/C14H18N2O5/c1-20-14(17)11-2-3-13(16(18)19)12(8-11)15-6-4-10-5-7-21-9-10/h2-3,8,10,15H,4-7,9H2,1H3. The Bertz CT molecular complexity index is 526. The number of nitrogens with zero attached hydrogens (tertiary/aromatic N) is 1. The SMILES string of the molecule is COC(=O)c1ccc([N+](=O)[O-])c(NCCC2CCOC2)c1. The van der Waals surface area contributed by atoms with Gasteiger partial charge in [0, 0.05) is 25.8 Å². The summed E-state index contributed by atoms with van der Waals surface area (Å²) >= 11 is 0. The van der Waals surface area contributed by atoms with Crippen molar-refractivity contribution in [2.75, 3.05) is 32.2 Å². The van der Waals surface area contributed by atoms with Crippen LogP contribution in [0.5, 0.6) is 0 Å². The van der Waals surface area contributed by atoms with Gasteiger partial charge in [-0.25, -0.2) is 4.79 Å². The number of rotatable bonds is 6. The van der Waals surface area contributed by atoms with Crippen molar-refractivity contribution in [3.63, 3.8) is 0 Å². The van der Waals surface area contributed by atoms with E-state index in [4.69, 9.17) is 4.74 Å². The lowest BCUT2D eigenvalue weighted by molar-refractivity contribution is -0.384. The van der Waals surface area contributed by atoms with Gasteiger partial charge in [0.25, 0.3) is 5.69 Å². The van der Waals surface area contributed by atoms with Crippen molar-refractivity contribution >= 4 is 17.3 Å². The average molecular weight is 294 g/mol. The van der Waals surface area contributed by atoms with Gasteiger partial charge in [0.15, 0.2) is 0 Å². The van der Waals surface area contributed by atoms with E-state index in [0.29, 0.717) is 18.2 Å². The van der Waals surface area contributed by atoms with Crippen LogP contribution in [0.1, 0.15) is 23.2 Å². The Kier molecular flexibility index (Phi) is 5.10. The molecule has 0 bridgehead atoms. The van der Waals surface area contributed by atoms with E-state index in [1.54, 1.807) is 0 Å². The summed E-state index contributed by atoms with van der Waals surface area (Å²) in [6.45, 7) is 2.12. The summed E-state index contributed by atoms with van der Waals surface area (Å²) in [6, 6.07) is 4.16. The number of nitro benzene ring substituents is 1. The molecule has 21 heavy (non-hydrogen) atoms. The van der Waals surface area contributed by atoms with Gasteiger partial charge in [0.2, 0.25) is 0 Å². The van der Waals surface area contributed by atoms with Crippen LogP contribution in [0.3, 0.4) is 0 Å². The molecule has 1 aromatic rings. The van der Waals surface area contributed by atoms with Crippen LogP contribution < -0.4 is 5.32 Å². The molecule has 0 aromatic heterocycles. The van der Waals surface area contributed by atoms with Gasteiger partial charge in [-0.3, -0.25) is 10.1 Å². The highest BCUT2D eigenvalue weighted by Gasteiger charge is 2.19. The predicted molar refractivity (Wildman–Crippen MR) is 76.5 cm³/mol. The number of carbonyl (C=O) groups is 1. The van der Waals surface area contributed by atoms with Gasteiger partial charge in [-0.2, -0.15) is 0 Å². The second-order valence-corrected chi connectivity index (χ2v) is 4.93. The normalized spacial score (nSPS) is 17.5. The highest BCUT2D eigenvalue weighted by molar-refractivity contribution is 5.91. The van der Waals surface area contributed by atoms with Crippen molar-refractivity contribution in [2.45, 2.75) is 12.8 Å². The van der Waals surface area contributed by atoms with E-state index < -0.39 is 10.9 Å². The summed E-state index contributed by atoms with van der Waals surface area (Å²) in [5.41, 5.74) is 0.571. The lowest BCUT2D eigenvalue weighted by atomic mass is 10.1. The number of anilines is 1. The zero-order chi connectivity index (χ0) is 15.2. The van der Waals surface area contributed by atoms with E-state index in [-0.39, 0.29) is 11.3 Å². The molecule has 1 aliphatic rings. The smallest absolute Gasteiger partial charge is 0.337 e. The first kappa shape index (κ1) is 15.2. The fraction of sp³-hybridized carbons (Fsp3) is 0.500. The Hall–Kier alpha value is -2.15. The Balaban J connectivity index is 2.06. The van der Waals surface area contributed by atoms with Gasteiger partial charge in [-0.1, -0.05) is 0 Å². The van der Waals surface area contributed by atoms with Gasteiger partial charge in [0.1, 0.15) is 5.69 Å². The monoisotopic (exact) mass is 294 g/mol. The zero-order valence-electron chi connectivity index (χ0n) is 11.8. The summed E-state index contributed by atoms with van der Waals surface area (Å²) in [5, 5.41) is 14.1. The van der Waals surface area contributed by atoms with Gasteiger partial charge in [-0.05, 0) is 30.9 Å². The van der Waals surface area contributed by atoms with Crippen LogP contribution in [0.4, 0.5) is 11.4 Å². The molecule has 0 spiro atoms. The lowest BCUT2D eigenvalue weighted by Gasteiger charge is -2.11. The Morgan fingerprint density at radius 1 is 1.57 bits per heavy atom. The van der Waals surface area contributed by atoms with Crippen molar-refractivity contribution in [2.24, 2.45) is 5.92 Å². The number of hydrogen-bond acceptors (Lipinski definition) is 6. The van der Waals surface area contributed by atoms with E-state index in [0.717, 1.165) is 26.1 Å². The molecule has 0 aliphatic carbocycles. The van der Waals surface area contributed by atoms with Crippen LogP contribution in [0.2, 0.25) is 0 Å². The minimum atomic E-state index is -0.517. The molecular weight excluding hydrogens is 276 g/mol. The maximum Gasteiger partial charge on any atom is 0.337 e. The Morgan fingerprint density at radius 2 is 2.38 bits per heavy atom. The summed E-state index contributed by atoms with van der Waals surface area (Å²) in [4.78, 5) is 22.0. The molecule has 114 valence electrons. The predicted octanol–water partition coefficient (Wildman–Crippen LogP) is 2.22. The summed E-state index contributed by atoms with van der Waals surface area (Å²) in [6.07, 6.45) is 1.89. The molecule has 1 atom stereocenters. The molecule has 0 radical (unpaired) electrons. The fourth-order valence-electron chi connectivity index (χ4n) is 2.30. The van der Waals surface area contributed by atoms with E-state index in [2.05, 4.69) is 10.1 Å². The number of carbonyl (C=O) groups excluding carboxylic acids is 1. The number of hydrogen-bond donors (Lipinski definition) is 1. The largest absolute Gasteiger partial charge is 0.465 e. The van der Waals surface area contributed by atoms with E-state index in [9.17, 15) is 14.9 Å². The molecule has 2 rings (SSSR count).